The minimum atomic E-state index is -0.146. The second kappa shape index (κ2) is 9.01. The molecule has 152 valence electrons. The highest BCUT2D eigenvalue weighted by Gasteiger charge is 2.18. The van der Waals surface area contributed by atoms with E-state index in [4.69, 9.17) is 16.3 Å². The fraction of sp³-hybridized carbons (Fsp3) is 0.167. The Labute approximate surface area is 180 Å². The minimum absolute atomic E-state index is 0.146. The van der Waals surface area contributed by atoms with Crippen molar-refractivity contribution in [3.8, 4) is 5.75 Å². The van der Waals surface area contributed by atoms with Gasteiger partial charge in [0.2, 0.25) is 0 Å². The summed E-state index contributed by atoms with van der Waals surface area (Å²) < 4.78 is 7.80. The van der Waals surface area contributed by atoms with E-state index in [0.717, 1.165) is 27.8 Å². The van der Waals surface area contributed by atoms with Crippen molar-refractivity contribution in [3.05, 3.63) is 94.9 Å². The highest BCUT2D eigenvalue weighted by Crippen LogP contribution is 2.30. The van der Waals surface area contributed by atoms with Gasteiger partial charge in [-0.2, -0.15) is 0 Å². The minimum Gasteiger partial charge on any atom is -0.493 e. The largest absolute Gasteiger partial charge is 0.493 e. The molecule has 5 nitrogen and oxygen atoms in total. The van der Waals surface area contributed by atoms with Crippen LogP contribution in [-0.2, 0) is 13.1 Å². The molecule has 0 atom stereocenters. The summed E-state index contributed by atoms with van der Waals surface area (Å²) in [6.45, 7) is 3.46. The van der Waals surface area contributed by atoms with Crippen molar-refractivity contribution in [2.45, 2.75) is 20.0 Å². The van der Waals surface area contributed by atoms with Gasteiger partial charge in [-0.3, -0.25) is 9.78 Å². The van der Waals surface area contributed by atoms with Gasteiger partial charge in [-0.1, -0.05) is 29.8 Å². The molecule has 2 aromatic carbocycles. The number of nitrogens with zero attached hydrogens (tertiary/aromatic N) is 2. The van der Waals surface area contributed by atoms with E-state index in [9.17, 15) is 4.79 Å². The predicted molar refractivity (Wildman–Crippen MR) is 119 cm³/mol. The predicted octanol–water partition coefficient (Wildman–Crippen LogP) is 5.07. The number of amides is 1. The molecule has 0 bridgehead atoms. The van der Waals surface area contributed by atoms with Crippen molar-refractivity contribution in [1.82, 2.24) is 14.9 Å². The Morgan fingerprint density at radius 1 is 1.07 bits per heavy atom. The number of rotatable bonds is 7. The molecule has 0 saturated heterocycles. The third-order valence-corrected chi connectivity index (χ3v) is 5.11. The molecule has 0 saturated carbocycles. The molecule has 0 fully saturated rings. The van der Waals surface area contributed by atoms with E-state index in [1.54, 1.807) is 12.4 Å². The summed E-state index contributed by atoms with van der Waals surface area (Å²) >= 11 is 6.18. The molecular weight excluding hydrogens is 398 g/mol. The first-order valence-corrected chi connectivity index (χ1v) is 10.2. The van der Waals surface area contributed by atoms with Crippen LogP contribution in [0, 0.1) is 0 Å². The summed E-state index contributed by atoms with van der Waals surface area (Å²) in [5.41, 5.74) is 3.53. The summed E-state index contributed by atoms with van der Waals surface area (Å²) in [6, 6.07) is 19.2. The fourth-order valence-corrected chi connectivity index (χ4v) is 3.70. The molecule has 0 spiro atoms. The lowest BCUT2D eigenvalue weighted by molar-refractivity contribution is 0.0942. The molecular formula is C24H22ClN3O2. The number of nitrogens with one attached hydrogen (secondary N) is 1. The van der Waals surface area contributed by atoms with Crippen molar-refractivity contribution in [2.75, 3.05) is 6.61 Å². The van der Waals surface area contributed by atoms with E-state index in [0.29, 0.717) is 30.4 Å². The Hall–Kier alpha value is -3.31. The van der Waals surface area contributed by atoms with Gasteiger partial charge in [0.15, 0.2) is 0 Å². The van der Waals surface area contributed by atoms with Crippen LogP contribution in [0.5, 0.6) is 5.75 Å². The molecule has 0 unspecified atom stereocenters. The molecule has 2 heterocycles. The van der Waals surface area contributed by atoms with E-state index >= 15 is 0 Å². The van der Waals surface area contributed by atoms with Crippen LogP contribution < -0.4 is 10.1 Å². The zero-order chi connectivity index (χ0) is 20.9. The number of pyridine rings is 1. The maximum absolute atomic E-state index is 13.1. The van der Waals surface area contributed by atoms with E-state index in [2.05, 4.69) is 10.3 Å². The number of carbonyl (C=O) groups is 1. The molecule has 2 aromatic heterocycles. The standard InChI is InChI=1S/C24H22ClN3O2/c1-2-30-23-8-4-7-21-20(23)14-22(24(29)27-15-17-9-11-26-12-10-17)28(21)16-18-5-3-6-19(25)13-18/h3-14H,2,15-16H2,1H3,(H,27,29). The molecule has 1 amide bonds. The Kier molecular flexibility index (Phi) is 6.00. The van der Waals surface area contributed by atoms with Crippen LogP contribution >= 0.6 is 11.6 Å². The van der Waals surface area contributed by atoms with Crippen LogP contribution in [0.1, 0.15) is 28.5 Å². The van der Waals surface area contributed by atoms with Crippen LogP contribution in [0.2, 0.25) is 5.02 Å². The second-order valence-electron chi connectivity index (χ2n) is 6.91. The summed E-state index contributed by atoms with van der Waals surface area (Å²) in [5, 5.41) is 4.59. The van der Waals surface area contributed by atoms with E-state index in [1.807, 2.05) is 72.2 Å². The summed E-state index contributed by atoms with van der Waals surface area (Å²) in [4.78, 5) is 17.1. The van der Waals surface area contributed by atoms with Gasteiger partial charge >= 0.3 is 0 Å². The number of fused-ring (bicyclic) bond motifs is 1. The van der Waals surface area contributed by atoms with Crippen LogP contribution in [0.4, 0.5) is 0 Å². The van der Waals surface area contributed by atoms with E-state index in [-0.39, 0.29) is 5.91 Å². The molecule has 6 heteroatoms. The lowest BCUT2D eigenvalue weighted by Gasteiger charge is -2.12. The van der Waals surface area contributed by atoms with Gasteiger partial charge in [0.05, 0.1) is 12.1 Å². The monoisotopic (exact) mass is 419 g/mol. The number of ether oxygens (including phenoxy) is 1. The van der Waals surface area contributed by atoms with Gasteiger partial charge in [-0.25, -0.2) is 0 Å². The topological polar surface area (TPSA) is 56.1 Å². The quantitative estimate of drug-likeness (QED) is 0.455. The maximum atomic E-state index is 13.1. The summed E-state index contributed by atoms with van der Waals surface area (Å²) in [7, 11) is 0. The van der Waals surface area contributed by atoms with Gasteiger partial charge in [0.1, 0.15) is 11.4 Å². The maximum Gasteiger partial charge on any atom is 0.268 e. The van der Waals surface area contributed by atoms with Gasteiger partial charge in [-0.05, 0) is 60.5 Å². The summed E-state index contributed by atoms with van der Waals surface area (Å²) in [5.74, 6) is 0.621. The van der Waals surface area contributed by atoms with Crippen molar-refractivity contribution in [1.29, 1.82) is 0 Å². The molecule has 0 radical (unpaired) electrons. The van der Waals surface area contributed by atoms with Crippen LogP contribution in [0.3, 0.4) is 0 Å². The van der Waals surface area contributed by atoms with Gasteiger partial charge < -0.3 is 14.6 Å². The highest BCUT2D eigenvalue weighted by atomic mass is 35.5. The van der Waals surface area contributed by atoms with Crippen molar-refractivity contribution in [3.63, 3.8) is 0 Å². The number of hydrogen-bond donors (Lipinski definition) is 1. The number of carbonyl (C=O) groups excluding carboxylic acids is 1. The Balaban J connectivity index is 1.72. The molecule has 30 heavy (non-hydrogen) atoms. The number of hydrogen-bond acceptors (Lipinski definition) is 3. The fourth-order valence-electron chi connectivity index (χ4n) is 3.49. The number of aromatic nitrogens is 2. The van der Waals surface area contributed by atoms with Gasteiger partial charge in [0.25, 0.3) is 5.91 Å². The molecule has 4 rings (SSSR count). The van der Waals surface area contributed by atoms with E-state index in [1.165, 1.54) is 0 Å². The lowest BCUT2D eigenvalue weighted by Crippen LogP contribution is -2.25. The highest BCUT2D eigenvalue weighted by molar-refractivity contribution is 6.30. The first kappa shape index (κ1) is 20.0. The molecule has 4 aromatic rings. The average Bonchev–Trinajstić information content (AvgIpc) is 3.12. The SMILES string of the molecule is CCOc1cccc2c1cc(C(=O)NCc1ccncc1)n2Cc1cccc(Cl)c1. The lowest BCUT2D eigenvalue weighted by atomic mass is 10.2. The van der Waals surface area contributed by atoms with Crippen LogP contribution in [0.25, 0.3) is 10.9 Å². The molecule has 1 N–H and O–H groups in total. The Bertz CT molecular complexity index is 1170. The first-order valence-electron chi connectivity index (χ1n) is 9.82. The zero-order valence-electron chi connectivity index (χ0n) is 16.6. The average molecular weight is 420 g/mol. The van der Waals surface area contributed by atoms with Crippen LogP contribution in [-0.4, -0.2) is 22.1 Å². The van der Waals surface area contributed by atoms with Crippen molar-refractivity contribution in [2.24, 2.45) is 0 Å². The molecule has 0 aliphatic rings. The number of halogens is 1. The molecule has 0 aliphatic heterocycles. The van der Waals surface area contributed by atoms with Crippen molar-refractivity contribution >= 4 is 28.4 Å². The normalized spacial score (nSPS) is 10.9. The van der Waals surface area contributed by atoms with Gasteiger partial charge in [0, 0.05) is 35.9 Å². The third kappa shape index (κ3) is 4.31. The second-order valence-corrected chi connectivity index (χ2v) is 7.34. The summed E-state index contributed by atoms with van der Waals surface area (Å²) in [6.07, 6.45) is 3.43. The smallest absolute Gasteiger partial charge is 0.268 e. The third-order valence-electron chi connectivity index (χ3n) is 4.87. The number of benzene rings is 2. The van der Waals surface area contributed by atoms with E-state index < -0.39 is 0 Å². The Morgan fingerprint density at radius 3 is 2.63 bits per heavy atom. The zero-order valence-corrected chi connectivity index (χ0v) is 17.4. The van der Waals surface area contributed by atoms with Crippen LogP contribution in [0.15, 0.2) is 73.1 Å². The van der Waals surface area contributed by atoms with Gasteiger partial charge in [-0.15, -0.1) is 0 Å². The first-order chi connectivity index (χ1) is 14.7. The van der Waals surface area contributed by atoms with Crippen molar-refractivity contribution < 1.29 is 9.53 Å². The Morgan fingerprint density at radius 2 is 1.87 bits per heavy atom. The molecule has 0 aliphatic carbocycles.